The second-order valence-corrected chi connectivity index (χ2v) is 11.3. The van der Waals surface area contributed by atoms with Gasteiger partial charge in [-0.25, -0.2) is 0 Å². The Morgan fingerprint density at radius 3 is 2.30 bits per heavy atom. The van der Waals surface area contributed by atoms with E-state index in [9.17, 15) is 14.4 Å². The van der Waals surface area contributed by atoms with Gasteiger partial charge in [-0.3, -0.25) is 19.3 Å². The molecule has 1 aliphatic heterocycles. The van der Waals surface area contributed by atoms with Crippen LogP contribution in [-0.4, -0.2) is 34.8 Å². The van der Waals surface area contributed by atoms with Crippen molar-refractivity contribution in [1.82, 2.24) is 4.90 Å². The second-order valence-electron chi connectivity index (χ2n) is 11.3. The molecule has 152 valence electrons. The van der Waals surface area contributed by atoms with Crippen molar-refractivity contribution < 1.29 is 19.1 Å². The lowest BCUT2D eigenvalue weighted by molar-refractivity contribution is -0.179. The SMILES string of the molecule is CC(C)(C)CC(C(=O)OCC(=O)N1C(=O)CC12CC1CCC2C1)C(C)(C)C. The molecule has 2 saturated carbocycles. The number of fused-ring (bicyclic) bond motifs is 3. The molecular formula is C22H35NO4. The van der Waals surface area contributed by atoms with Crippen molar-refractivity contribution in [1.29, 1.82) is 0 Å². The number of rotatable bonds is 4. The third-order valence-electron chi connectivity index (χ3n) is 6.83. The maximum Gasteiger partial charge on any atom is 0.309 e. The average Bonchev–Trinajstić information content (AvgIpc) is 3.09. The number of imide groups is 1. The summed E-state index contributed by atoms with van der Waals surface area (Å²) in [5, 5.41) is 0. The topological polar surface area (TPSA) is 63.7 Å². The lowest BCUT2D eigenvalue weighted by Crippen LogP contribution is -2.68. The van der Waals surface area contributed by atoms with E-state index in [1.165, 1.54) is 11.3 Å². The minimum Gasteiger partial charge on any atom is -0.455 e. The maximum atomic E-state index is 12.8. The van der Waals surface area contributed by atoms with E-state index in [1.54, 1.807) is 0 Å². The molecule has 1 heterocycles. The zero-order valence-electron chi connectivity index (χ0n) is 17.8. The van der Waals surface area contributed by atoms with Crippen molar-refractivity contribution in [2.45, 2.75) is 85.6 Å². The standard InChI is InChI=1S/C22H35NO4/c1-20(2,3)11-16(21(4,5)6)19(26)27-13-18(25)23-17(24)12-22(23)10-14-7-8-15(22)9-14/h14-16H,7-13H2,1-6H3. The predicted molar refractivity (Wildman–Crippen MR) is 103 cm³/mol. The van der Waals surface area contributed by atoms with Crippen molar-refractivity contribution in [3.63, 3.8) is 0 Å². The lowest BCUT2D eigenvalue weighted by atomic mass is 9.71. The minimum atomic E-state index is -0.337. The molecule has 5 heteroatoms. The fraction of sp³-hybridized carbons (Fsp3) is 0.864. The Bertz CT molecular complexity index is 642. The minimum absolute atomic E-state index is 0.0123. The first kappa shape index (κ1) is 20.3. The first-order valence-electron chi connectivity index (χ1n) is 10.4. The van der Waals surface area contributed by atoms with E-state index in [0.29, 0.717) is 24.7 Å². The van der Waals surface area contributed by atoms with Crippen LogP contribution in [0.2, 0.25) is 0 Å². The number of carbonyl (C=O) groups is 3. The molecule has 0 radical (unpaired) electrons. The maximum absolute atomic E-state index is 12.8. The third-order valence-corrected chi connectivity index (χ3v) is 6.83. The summed E-state index contributed by atoms with van der Waals surface area (Å²) in [5.41, 5.74) is -0.522. The van der Waals surface area contributed by atoms with Gasteiger partial charge in [0.05, 0.1) is 17.9 Å². The van der Waals surface area contributed by atoms with Crippen LogP contribution >= 0.6 is 0 Å². The van der Waals surface area contributed by atoms with Crippen LogP contribution in [0.25, 0.3) is 0 Å². The lowest BCUT2D eigenvalue weighted by Gasteiger charge is -2.53. The van der Waals surface area contributed by atoms with Gasteiger partial charge in [-0.2, -0.15) is 0 Å². The smallest absolute Gasteiger partial charge is 0.309 e. The number of amides is 2. The molecule has 0 aromatic heterocycles. The predicted octanol–water partition coefficient (Wildman–Crippen LogP) is 3.95. The van der Waals surface area contributed by atoms with Crippen LogP contribution in [0.3, 0.4) is 0 Å². The molecule has 2 bridgehead atoms. The average molecular weight is 378 g/mol. The Morgan fingerprint density at radius 2 is 1.85 bits per heavy atom. The number of likely N-dealkylation sites (tertiary alicyclic amines) is 1. The van der Waals surface area contributed by atoms with E-state index in [4.69, 9.17) is 4.74 Å². The molecule has 0 aromatic carbocycles. The molecule has 1 saturated heterocycles. The zero-order chi connectivity index (χ0) is 20.2. The molecule has 2 aliphatic carbocycles. The molecule has 4 atom stereocenters. The van der Waals surface area contributed by atoms with Gasteiger partial charge in [0.25, 0.3) is 5.91 Å². The van der Waals surface area contributed by atoms with Gasteiger partial charge in [-0.05, 0) is 54.8 Å². The molecule has 3 aliphatic rings. The number of hydrogen-bond donors (Lipinski definition) is 0. The Balaban J connectivity index is 1.62. The van der Waals surface area contributed by atoms with E-state index in [0.717, 1.165) is 19.3 Å². The molecular weight excluding hydrogens is 342 g/mol. The van der Waals surface area contributed by atoms with Crippen LogP contribution in [0, 0.1) is 28.6 Å². The monoisotopic (exact) mass is 377 g/mol. The van der Waals surface area contributed by atoms with Crippen LogP contribution in [-0.2, 0) is 19.1 Å². The Morgan fingerprint density at radius 1 is 1.19 bits per heavy atom. The highest BCUT2D eigenvalue weighted by molar-refractivity contribution is 6.03. The summed E-state index contributed by atoms with van der Waals surface area (Å²) < 4.78 is 5.44. The van der Waals surface area contributed by atoms with E-state index in [2.05, 4.69) is 20.8 Å². The fourth-order valence-corrected chi connectivity index (χ4v) is 5.52. The van der Waals surface area contributed by atoms with Gasteiger partial charge in [-0.15, -0.1) is 0 Å². The summed E-state index contributed by atoms with van der Waals surface area (Å²) in [6.07, 6.45) is 5.59. The van der Waals surface area contributed by atoms with Crippen molar-refractivity contribution in [3.8, 4) is 0 Å². The van der Waals surface area contributed by atoms with Gasteiger partial charge < -0.3 is 4.74 Å². The van der Waals surface area contributed by atoms with E-state index in [-0.39, 0.29) is 46.7 Å². The van der Waals surface area contributed by atoms with E-state index < -0.39 is 0 Å². The quantitative estimate of drug-likeness (QED) is 0.550. The molecule has 0 aromatic rings. The van der Waals surface area contributed by atoms with Crippen LogP contribution < -0.4 is 0 Å². The molecule has 27 heavy (non-hydrogen) atoms. The Kier molecular flexibility index (Phi) is 4.97. The van der Waals surface area contributed by atoms with Crippen LogP contribution in [0.15, 0.2) is 0 Å². The number of carbonyl (C=O) groups excluding carboxylic acids is 3. The highest BCUT2D eigenvalue weighted by atomic mass is 16.5. The van der Waals surface area contributed by atoms with Crippen LogP contribution in [0.4, 0.5) is 0 Å². The summed E-state index contributed by atoms with van der Waals surface area (Å²) in [6.45, 7) is 12.0. The molecule has 3 fully saturated rings. The highest BCUT2D eigenvalue weighted by Crippen LogP contribution is 2.58. The normalized spacial score (nSPS) is 31.2. The highest BCUT2D eigenvalue weighted by Gasteiger charge is 2.64. The van der Waals surface area contributed by atoms with Crippen molar-refractivity contribution >= 4 is 17.8 Å². The number of ether oxygens (including phenoxy) is 1. The van der Waals surface area contributed by atoms with Crippen molar-refractivity contribution in [2.75, 3.05) is 6.61 Å². The van der Waals surface area contributed by atoms with Gasteiger partial charge >= 0.3 is 5.97 Å². The summed E-state index contributed by atoms with van der Waals surface area (Å²) >= 11 is 0. The Labute approximate surface area is 163 Å². The summed E-state index contributed by atoms with van der Waals surface area (Å²) in [7, 11) is 0. The largest absolute Gasteiger partial charge is 0.455 e. The molecule has 4 unspecified atom stereocenters. The molecule has 2 amide bonds. The summed E-state index contributed by atoms with van der Waals surface area (Å²) in [5.74, 6) is 0.0388. The van der Waals surface area contributed by atoms with Gasteiger partial charge in [0, 0.05) is 0 Å². The van der Waals surface area contributed by atoms with E-state index in [1.807, 2.05) is 20.8 Å². The molecule has 3 rings (SSSR count). The second kappa shape index (κ2) is 6.59. The number of hydrogen-bond acceptors (Lipinski definition) is 4. The number of esters is 1. The van der Waals surface area contributed by atoms with Crippen molar-refractivity contribution in [3.05, 3.63) is 0 Å². The first-order valence-corrected chi connectivity index (χ1v) is 10.4. The molecule has 5 nitrogen and oxygen atoms in total. The molecule has 0 N–H and O–H groups in total. The number of β-lactam (4-membered cyclic amide) rings is 1. The van der Waals surface area contributed by atoms with Gasteiger partial charge in [-0.1, -0.05) is 41.5 Å². The molecule has 1 spiro atoms. The Hall–Kier alpha value is -1.39. The van der Waals surface area contributed by atoms with Crippen molar-refractivity contribution in [2.24, 2.45) is 28.6 Å². The number of nitrogens with zero attached hydrogens (tertiary/aromatic N) is 1. The zero-order valence-corrected chi connectivity index (χ0v) is 17.8. The first-order chi connectivity index (χ1) is 12.3. The van der Waals surface area contributed by atoms with Crippen LogP contribution in [0.5, 0.6) is 0 Å². The third kappa shape index (κ3) is 3.79. The summed E-state index contributed by atoms with van der Waals surface area (Å²) in [4.78, 5) is 39.2. The van der Waals surface area contributed by atoms with Gasteiger partial charge in [0.1, 0.15) is 0 Å². The fourth-order valence-electron chi connectivity index (χ4n) is 5.52. The van der Waals surface area contributed by atoms with Crippen LogP contribution in [0.1, 0.15) is 80.1 Å². The van der Waals surface area contributed by atoms with Gasteiger partial charge in [0.15, 0.2) is 6.61 Å². The summed E-state index contributed by atoms with van der Waals surface area (Å²) in [6, 6.07) is 0. The van der Waals surface area contributed by atoms with Gasteiger partial charge in [0.2, 0.25) is 5.91 Å². The van der Waals surface area contributed by atoms with E-state index >= 15 is 0 Å².